The third kappa shape index (κ3) is 3.96. The van der Waals surface area contributed by atoms with E-state index in [4.69, 9.17) is 14.7 Å². The van der Waals surface area contributed by atoms with Gasteiger partial charge < -0.3 is 20.1 Å². The minimum absolute atomic E-state index is 0.321. The van der Waals surface area contributed by atoms with E-state index in [1.165, 1.54) is 6.20 Å². The second kappa shape index (κ2) is 7.81. The molecular weight excluding hydrogens is 332 g/mol. The van der Waals surface area contributed by atoms with Crippen molar-refractivity contribution in [3.8, 4) is 17.6 Å². The maximum atomic E-state index is 8.84. The summed E-state index contributed by atoms with van der Waals surface area (Å²) < 4.78 is 10.6. The second-order valence-electron chi connectivity index (χ2n) is 5.17. The molecular formula is C18H16N6O2. The number of nitriles is 1. The van der Waals surface area contributed by atoms with Crippen LogP contribution in [-0.2, 0) is 0 Å². The van der Waals surface area contributed by atoms with Crippen molar-refractivity contribution in [1.29, 1.82) is 5.26 Å². The van der Waals surface area contributed by atoms with Crippen LogP contribution in [-0.4, -0.2) is 29.4 Å². The lowest BCUT2D eigenvalue weighted by molar-refractivity contribution is 0.405. The molecule has 0 amide bonds. The summed E-state index contributed by atoms with van der Waals surface area (Å²) >= 11 is 0. The van der Waals surface area contributed by atoms with Crippen LogP contribution in [0.15, 0.2) is 48.7 Å². The van der Waals surface area contributed by atoms with Gasteiger partial charge in [0.05, 0.1) is 37.7 Å². The van der Waals surface area contributed by atoms with Gasteiger partial charge in [-0.1, -0.05) is 0 Å². The molecule has 0 bridgehead atoms. The lowest BCUT2D eigenvalue weighted by atomic mass is 10.2. The molecule has 0 aliphatic heterocycles. The number of benzene rings is 2. The van der Waals surface area contributed by atoms with Gasteiger partial charge in [0.25, 0.3) is 0 Å². The summed E-state index contributed by atoms with van der Waals surface area (Å²) in [7, 11) is 3.18. The van der Waals surface area contributed by atoms with Crippen molar-refractivity contribution in [2.24, 2.45) is 0 Å². The first-order valence-electron chi connectivity index (χ1n) is 7.68. The van der Waals surface area contributed by atoms with E-state index in [2.05, 4.69) is 31.9 Å². The zero-order valence-corrected chi connectivity index (χ0v) is 14.2. The predicted molar refractivity (Wildman–Crippen MR) is 97.1 cm³/mol. The molecule has 3 aromatic rings. The van der Waals surface area contributed by atoms with Crippen molar-refractivity contribution in [2.75, 3.05) is 24.9 Å². The van der Waals surface area contributed by atoms with E-state index in [0.29, 0.717) is 34.5 Å². The highest BCUT2D eigenvalue weighted by Crippen LogP contribution is 2.31. The van der Waals surface area contributed by atoms with E-state index in [9.17, 15) is 0 Å². The molecule has 8 nitrogen and oxygen atoms in total. The van der Waals surface area contributed by atoms with Gasteiger partial charge in [0, 0.05) is 11.8 Å². The Kier molecular flexibility index (Phi) is 5.10. The smallest absolute Gasteiger partial charge is 0.249 e. The van der Waals surface area contributed by atoms with Gasteiger partial charge in [0.15, 0.2) is 5.82 Å². The van der Waals surface area contributed by atoms with Crippen LogP contribution >= 0.6 is 0 Å². The summed E-state index contributed by atoms with van der Waals surface area (Å²) in [5.74, 6) is 2.14. The summed E-state index contributed by atoms with van der Waals surface area (Å²) in [4.78, 5) is 4.38. The summed E-state index contributed by atoms with van der Waals surface area (Å²) in [6.07, 6.45) is 1.50. The molecule has 1 aromatic heterocycles. The summed E-state index contributed by atoms with van der Waals surface area (Å²) in [5, 5.41) is 22.9. The van der Waals surface area contributed by atoms with Gasteiger partial charge in [0.2, 0.25) is 5.95 Å². The van der Waals surface area contributed by atoms with E-state index in [1.54, 1.807) is 56.7 Å². The molecule has 26 heavy (non-hydrogen) atoms. The van der Waals surface area contributed by atoms with Crippen LogP contribution in [0.3, 0.4) is 0 Å². The fraction of sp³-hybridized carbons (Fsp3) is 0.111. The molecule has 3 rings (SSSR count). The van der Waals surface area contributed by atoms with E-state index >= 15 is 0 Å². The standard InChI is InChI=1S/C18H16N6O2/c1-25-14-7-8-16(26-2)15(9-14)22-17-11-20-24-18(23-17)21-13-5-3-12(10-19)4-6-13/h3-9,11H,1-2H3,(H2,21,22,23,24). The monoisotopic (exact) mass is 348 g/mol. The van der Waals surface area contributed by atoms with Crippen LogP contribution in [0.2, 0.25) is 0 Å². The van der Waals surface area contributed by atoms with Crippen molar-refractivity contribution < 1.29 is 9.47 Å². The number of nitrogens with one attached hydrogen (secondary N) is 2. The van der Waals surface area contributed by atoms with E-state index in [0.717, 1.165) is 5.69 Å². The minimum atomic E-state index is 0.321. The first kappa shape index (κ1) is 17.0. The fourth-order valence-electron chi connectivity index (χ4n) is 2.22. The maximum Gasteiger partial charge on any atom is 0.249 e. The molecule has 0 unspecified atom stereocenters. The number of anilines is 4. The molecule has 0 saturated carbocycles. The quantitative estimate of drug-likeness (QED) is 0.699. The third-order valence-electron chi connectivity index (χ3n) is 3.50. The second-order valence-corrected chi connectivity index (χ2v) is 5.17. The molecule has 0 spiro atoms. The highest BCUT2D eigenvalue weighted by Gasteiger charge is 2.08. The van der Waals surface area contributed by atoms with Crippen molar-refractivity contribution in [1.82, 2.24) is 15.2 Å². The van der Waals surface area contributed by atoms with Gasteiger partial charge in [-0.05, 0) is 36.4 Å². The molecule has 0 aliphatic carbocycles. The van der Waals surface area contributed by atoms with Crippen LogP contribution in [0.5, 0.6) is 11.5 Å². The Balaban J connectivity index is 1.80. The fourth-order valence-corrected chi connectivity index (χ4v) is 2.22. The Morgan fingerprint density at radius 1 is 1.00 bits per heavy atom. The highest BCUT2D eigenvalue weighted by atomic mass is 16.5. The number of ether oxygens (including phenoxy) is 2. The average Bonchev–Trinajstić information content (AvgIpc) is 2.69. The van der Waals surface area contributed by atoms with Gasteiger partial charge in [0.1, 0.15) is 11.5 Å². The van der Waals surface area contributed by atoms with E-state index in [1.807, 2.05) is 0 Å². The minimum Gasteiger partial charge on any atom is -0.497 e. The van der Waals surface area contributed by atoms with E-state index in [-0.39, 0.29) is 0 Å². The number of hydrogen-bond acceptors (Lipinski definition) is 8. The van der Waals surface area contributed by atoms with Gasteiger partial charge in [-0.25, -0.2) is 0 Å². The first-order valence-corrected chi connectivity index (χ1v) is 7.68. The molecule has 0 aliphatic rings. The number of methoxy groups -OCH3 is 2. The van der Waals surface area contributed by atoms with Gasteiger partial charge in [-0.2, -0.15) is 15.3 Å². The lowest BCUT2D eigenvalue weighted by Crippen LogP contribution is -2.03. The van der Waals surface area contributed by atoms with Crippen LogP contribution in [0.25, 0.3) is 0 Å². The van der Waals surface area contributed by atoms with Crippen molar-refractivity contribution in [3.05, 3.63) is 54.2 Å². The number of rotatable bonds is 6. The summed E-state index contributed by atoms with van der Waals surface area (Å²) in [6, 6.07) is 14.4. The van der Waals surface area contributed by atoms with Crippen LogP contribution in [0.4, 0.5) is 23.1 Å². The van der Waals surface area contributed by atoms with Gasteiger partial charge in [-0.3, -0.25) is 0 Å². The highest BCUT2D eigenvalue weighted by molar-refractivity contribution is 5.66. The Labute approximate surface area is 150 Å². The molecule has 2 N–H and O–H groups in total. The zero-order valence-electron chi connectivity index (χ0n) is 14.2. The molecule has 0 atom stereocenters. The Bertz CT molecular complexity index is 937. The molecule has 8 heteroatoms. The van der Waals surface area contributed by atoms with Crippen LogP contribution in [0, 0.1) is 11.3 Å². The SMILES string of the molecule is COc1ccc(OC)c(Nc2cnnc(Nc3ccc(C#N)cc3)n2)c1. The maximum absolute atomic E-state index is 8.84. The molecule has 1 heterocycles. The largest absolute Gasteiger partial charge is 0.497 e. The van der Waals surface area contributed by atoms with Crippen molar-refractivity contribution in [3.63, 3.8) is 0 Å². The van der Waals surface area contributed by atoms with Crippen molar-refractivity contribution in [2.45, 2.75) is 0 Å². The Morgan fingerprint density at radius 2 is 1.81 bits per heavy atom. The summed E-state index contributed by atoms with van der Waals surface area (Å²) in [6.45, 7) is 0. The van der Waals surface area contributed by atoms with Crippen molar-refractivity contribution >= 4 is 23.1 Å². The first-order chi connectivity index (χ1) is 12.7. The molecule has 2 aromatic carbocycles. The molecule has 0 fully saturated rings. The molecule has 0 saturated heterocycles. The molecule has 130 valence electrons. The third-order valence-corrected chi connectivity index (χ3v) is 3.50. The van der Waals surface area contributed by atoms with E-state index < -0.39 is 0 Å². The normalized spacial score (nSPS) is 9.88. The topological polar surface area (TPSA) is 105 Å². The average molecular weight is 348 g/mol. The van der Waals surface area contributed by atoms with Crippen LogP contribution in [0.1, 0.15) is 5.56 Å². The lowest BCUT2D eigenvalue weighted by Gasteiger charge is -2.12. The van der Waals surface area contributed by atoms with Crippen LogP contribution < -0.4 is 20.1 Å². The van der Waals surface area contributed by atoms with Gasteiger partial charge in [-0.15, -0.1) is 5.10 Å². The Morgan fingerprint density at radius 3 is 2.50 bits per heavy atom. The summed E-state index contributed by atoms with van der Waals surface area (Å²) in [5.41, 5.74) is 2.02. The predicted octanol–water partition coefficient (Wildman–Crippen LogP) is 3.25. The zero-order chi connectivity index (χ0) is 18.4. The van der Waals surface area contributed by atoms with Gasteiger partial charge >= 0.3 is 0 Å². The molecule has 0 radical (unpaired) electrons. The Hall–Kier alpha value is -3.86. The number of aromatic nitrogens is 3. The number of hydrogen-bond donors (Lipinski definition) is 2. The number of nitrogens with zero attached hydrogens (tertiary/aromatic N) is 4.